The zero-order valence-corrected chi connectivity index (χ0v) is 23.3. The predicted molar refractivity (Wildman–Crippen MR) is 156 cm³/mol. The van der Waals surface area contributed by atoms with Gasteiger partial charge in [0.05, 0.1) is 5.52 Å². The normalized spacial score (nSPS) is 19.2. The van der Waals surface area contributed by atoms with Gasteiger partial charge in [-0.3, -0.25) is 4.79 Å². The number of aromatic nitrogens is 2. The van der Waals surface area contributed by atoms with Gasteiger partial charge in [0.25, 0.3) is 5.91 Å². The molecule has 4 N–H and O–H groups in total. The van der Waals surface area contributed by atoms with E-state index in [1.54, 1.807) is 42.5 Å². The molecule has 2 bridgehead atoms. The van der Waals surface area contributed by atoms with Crippen molar-refractivity contribution in [3.8, 4) is 0 Å². The summed E-state index contributed by atoms with van der Waals surface area (Å²) in [7, 11) is 0. The number of hydrogen-bond acceptors (Lipinski definition) is 5. The van der Waals surface area contributed by atoms with Crippen molar-refractivity contribution in [2.45, 2.75) is 32.0 Å². The van der Waals surface area contributed by atoms with Crippen molar-refractivity contribution in [3.63, 3.8) is 0 Å². The Kier molecular flexibility index (Phi) is 8.01. The number of piperidine rings is 3. The molecule has 4 aromatic rings. The number of amides is 4. The molecule has 0 spiro atoms. The van der Waals surface area contributed by atoms with Crippen LogP contribution in [0, 0.1) is 17.6 Å². The molecule has 222 valence electrons. The van der Waals surface area contributed by atoms with Crippen molar-refractivity contribution >= 4 is 34.6 Å². The molecule has 3 aliphatic heterocycles. The molecule has 3 fully saturated rings. The van der Waals surface area contributed by atoms with Crippen LogP contribution in [0.4, 0.5) is 24.1 Å². The van der Waals surface area contributed by atoms with E-state index in [0.717, 1.165) is 42.7 Å². The van der Waals surface area contributed by atoms with Crippen LogP contribution in [0.2, 0.25) is 0 Å². The summed E-state index contributed by atoms with van der Waals surface area (Å²) in [5, 5.41) is 16.2. The molecule has 4 heterocycles. The minimum atomic E-state index is -0.561. The first-order valence-electron chi connectivity index (χ1n) is 14.2. The van der Waals surface area contributed by atoms with Gasteiger partial charge in [-0.1, -0.05) is 24.3 Å². The maximum Gasteiger partial charge on any atom is 0.342 e. The molecule has 12 heteroatoms. The average molecular weight is 588 g/mol. The standard InChI is InChI=1S/C31H31F2N7O3/c32-22-5-1-19(2-6-22)16-34-30(42)36-24-9-10-27-25(15-24)28(29(41)37-26-18-39-13-11-21(26)12-14-39)38-40(27)31(43)35-17-20-3-7-23(33)8-4-20/h1-10,15,21,26H,11-14,16-18H2,(H,35,43)(H,37,41)(H2,34,36,42)/t26-/m1/s1. The fourth-order valence-corrected chi connectivity index (χ4v) is 5.70. The Morgan fingerprint density at radius 3 is 2.07 bits per heavy atom. The Morgan fingerprint density at radius 1 is 0.837 bits per heavy atom. The Balaban J connectivity index is 1.22. The van der Waals surface area contributed by atoms with E-state index in [4.69, 9.17) is 0 Å². The molecule has 4 amide bonds. The van der Waals surface area contributed by atoms with Gasteiger partial charge in [-0.15, -0.1) is 0 Å². The number of benzene rings is 3. The lowest BCUT2D eigenvalue weighted by Gasteiger charge is -2.44. The molecule has 3 saturated heterocycles. The summed E-state index contributed by atoms with van der Waals surface area (Å²) in [6.07, 6.45) is 2.04. The maximum atomic E-state index is 13.6. The maximum absolute atomic E-state index is 13.6. The third-order valence-corrected chi connectivity index (χ3v) is 8.04. The van der Waals surface area contributed by atoms with Gasteiger partial charge >= 0.3 is 12.1 Å². The van der Waals surface area contributed by atoms with Crippen LogP contribution in [-0.4, -0.2) is 58.3 Å². The molecular formula is C31H31F2N7O3. The third-order valence-electron chi connectivity index (χ3n) is 8.04. The number of halogens is 2. The van der Waals surface area contributed by atoms with Crippen molar-refractivity contribution in [2.24, 2.45) is 5.92 Å². The van der Waals surface area contributed by atoms with E-state index in [9.17, 15) is 23.2 Å². The van der Waals surface area contributed by atoms with Crippen LogP contribution in [0.5, 0.6) is 0 Å². The summed E-state index contributed by atoms with van der Waals surface area (Å²) in [6.45, 7) is 3.15. The predicted octanol–water partition coefficient (Wildman–Crippen LogP) is 4.22. The first-order valence-corrected chi connectivity index (χ1v) is 14.2. The summed E-state index contributed by atoms with van der Waals surface area (Å²) in [5.41, 5.74) is 2.27. The molecule has 43 heavy (non-hydrogen) atoms. The van der Waals surface area contributed by atoms with Gasteiger partial charge in [-0.2, -0.15) is 9.78 Å². The fourth-order valence-electron chi connectivity index (χ4n) is 5.70. The highest BCUT2D eigenvalue weighted by Crippen LogP contribution is 2.29. The van der Waals surface area contributed by atoms with E-state index in [2.05, 4.69) is 31.3 Å². The van der Waals surface area contributed by atoms with Gasteiger partial charge in [0.1, 0.15) is 11.6 Å². The van der Waals surface area contributed by atoms with Crippen LogP contribution in [0.25, 0.3) is 10.9 Å². The van der Waals surface area contributed by atoms with E-state index in [1.807, 2.05) is 0 Å². The number of anilines is 1. The summed E-state index contributed by atoms with van der Waals surface area (Å²) >= 11 is 0. The Bertz CT molecular complexity index is 1650. The number of rotatable bonds is 7. The smallest absolute Gasteiger partial charge is 0.342 e. The van der Waals surface area contributed by atoms with Crippen LogP contribution < -0.4 is 21.3 Å². The topological polar surface area (TPSA) is 120 Å². The number of urea groups is 1. The van der Waals surface area contributed by atoms with Crippen LogP contribution >= 0.6 is 0 Å². The van der Waals surface area contributed by atoms with Gasteiger partial charge in [0.15, 0.2) is 5.69 Å². The lowest BCUT2D eigenvalue weighted by Crippen LogP contribution is -2.57. The van der Waals surface area contributed by atoms with Crippen LogP contribution in [0.3, 0.4) is 0 Å². The quantitative estimate of drug-likeness (QED) is 0.258. The van der Waals surface area contributed by atoms with Crippen LogP contribution in [-0.2, 0) is 13.1 Å². The largest absolute Gasteiger partial charge is 0.346 e. The van der Waals surface area contributed by atoms with Crippen molar-refractivity contribution in [2.75, 3.05) is 25.0 Å². The molecule has 0 saturated carbocycles. The second-order valence-electron chi connectivity index (χ2n) is 10.9. The van der Waals surface area contributed by atoms with Crippen molar-refractivity contribution in [1.82, 2.24) is 30.6 Å². The molecule has 7 rings (SSSR count). The summed E-state index contributed by atoms with van der Waals surface area (Å²) in [6, 6.07) is 15.3. The number of nitrogens with zero attached hydrogens (tertiary/aromatic N) is 3. The zero-order chi connectivity index (χ0) is 29.9. The highest BCUT2D eigenvalue weighted by Gasteiger charge is 2.35. The van der Waals surface area contributed by atoms with Crippen LogP contribution in [0.15, 0.2) is 66.7 Å². The minimum Gasteiger partial charge on any atom is -0.346 e. The number of hydrogen-bond donors (Lipinski definition) is 4. The summed E-state index contributed by atoms with van der Waals surface area (Å²) in [4.78, 5) is 41.7. The van der Waals surface area contributed by atoms with Crippen molar-refractivity contribution in [3.05, 3.63) is 95.2 Å². The minimum absolute atomic E-state index is 0.0129. The van der Waals surface area contributed by atoms with Gasteiger partial charge in [0.2, 0.25) is 0 Å². The Labute approximate surface area is 246 Å². The molecule has 3 aromatic carbocycles. The molecule has 0 unspecified atom stereocenters. The van der Waals surface area contributed by atoms with E-state index >= 15 is 0 Å². The van der Waals surface area contributed by atoms with E-state index in [-0.39, 0.29) is 36.5 Å². The highest BCUT2D eigenvalue weighted by atomic mass is 19.1. The third kappa shape index (κ3) is 6.49. The van der Waals surface area contributed by atoms with Gasteiger partial charge in [-0.05, 0) is 85.4 Å². The lowest BCUT2D eigenvalue weighted by molar-refractivity contribution is 0.0618. The monoisotopic (exact) mass is 587 g/mol. The number of nitrogens with one attached hydrogen (secondary N) is 4. The van der Waals surface area contributed by atoms with Crippen molar-refractivity contribution in [1.29, 1.82) is 0 Å². The SMILES string of the molecule is O=C(NCc1ccc(F)cc1)Nc1ccc2c(c1)c(C(=O)N[C@@H]1CN3CCC1CC3)nn2C(=O)NCc1ccc(F)cc1. The molecule has 10 nitrogen and oxygen atoms in total. The Morgan fingerprint density at radius 2 is 1.47 bits per heavy atom. The first-order chi connectivity index (χ1) is 20.8. The van der Waals surface area contributed by atoms with E-state index in [1.165, 1.54) is 24.3 Å². The second-order valence-corrected chi connectivity index (χ2v) is 10.9. The van der Waals surface area contributed by atoms with E-state index < -0.39 is 18.0 Å². The summed E-state index contributed by atoms with van der Waals surface area (Å²) < 4.78 is 27.6. The average Bonchev–Trinajstić information content (AvgIpc) is 3.40. The van der Waals surface area contributed by atoms with Crippen LogP contribution in [0.1, 0.15) is 34.5 Å². The van der Waals surface area contributed by atoms with Gasteiger partial charge < -0.3 is 26.2 Å². The van der Waals surface area contributed by atoms with E-state index in [0.29, 0.717) is 28.1 Å². The number of carbonyl (C=O) groups is 3. The fraction of sp³-hybridized carbons (Fsp3) is 0.290. The molecular weight excluding hydrogens is 556 g/mol. The highest BCUT2D eigenvalue weighted by molar-refractivity contribution is 6.08. The molecule has 0 aliphatic carbocycles. The van der Waals surface area contributed by atoms with Gasteiger partial charge in [0, 0.05) is 36.7 Å². The molecule has 1 aromatic heterocycles. The summed E-state index contributed by atoms with van der Waals surface area (Å²) in [5.74, 6) is -0.741. The second kappa shape index (κ2) is 12.2. The van der Waals surface area contributed by atoms with Crippen molar-refractivity contribution < 1.29 is 23.2 Å². The first kappa shape index (κ1) is 28.3. The molecule has 3 aliphatic rings. The molecule has 1 atom stereocenters. The zero-order valence-electron chi connectivity index (χ0n) is 23.3. The number of carbonyl (C=O) groups excluding carboxylic acids is 3. The Hall–Kier alpha value is -4.84. The number of fused-ring (bicyclic) bond motifs is 4. The molecule has 0 radical (unpaired) electrons. The lowest BCUT2D eigenvalue weighted by atomic mass is 9.84. The van der Waals surface area contributed by atoms with Gasteiger partial charge in [-0.25, -0.2) is 18.4 Å².